The van der Waals surface area contributed by atoms with Crippen molar-refractivity contribution in [3.63, 3.8) is 0 Å². The molecule has 0 bridgehead atoms. The first-order chi connectivity index (χ1) is 19.0. The van der Waals surface area contributed by atoms with Crippen LogP contribution in [-0.2, 0) is 26.0 Å². The Hall–Kier alpha value is -3.07. The summed E-state index contributed by atoms with van der Waals surface area (Å²) >= 11 is 12.3. The van der Waals surface area contributed by atoms with Gasteiger partial charge in [-0.1, -0.05) is 92.5 Å². The van der Waals surface area contributed by atoms with Crippen LogP contribution in [-0.4, -0.2) is 50.8 Å². The molecule has 10 heteroatoms. The highest BCUT2D eigenvalue weighted by Crippen LogP contribution is 2.30. The first kappa shape index (κ1) is 31.5. The van der Waals surface area contributed by atoms with Crippen LogP contribution in [0.5, 0.6) is 0 Å². The van der Waals surface area contributed by atoms with Gasteiger partial charge in [0.2, 0.25) is 11.8 Å². The molecule has 0 aliphatic heterocycles. The Morgan fingerprint density at radius 2 is 1.52 bits per heavy atom. The van der Waals surface area contributed by atoms with Gasteiger partial charge < -0.3 is 10.2 Å². The van der Waals surface area contributed by atoms with Gasteiger partial charge in [0.15, 0.2) is 0 Å². The van der Waals surface area contributed by atoms with Crippen LogP contribution in [0, 0.1) is 5.92 Å². The fourth-order valence-corrected chi connectivity index (χ4v) is 5.93. The number of hydrogen-bond acceptors (Lipinski definition) is 4. The number of hydrogen-bond donors (Lipinski definition) is 1. The SMILES string of the molecule is CC[C@@H](C(=O)NCC(C)C)N(CCc1ccccc1)C(=O)CN(c1ccc(Cl)c(Cl)c1)S(=O)(=O)c1ccccc1. The topological polar surface area (TPSA) is 86.8 Å². The van der Waals surface area contributed by atoms with E-state index in [1.54, 1.807) is 18.2 Å². The maximum atomic E-state index is 14.0. The number of rotatable bonds is 13. The monoisotopic (exact) mass is 603 g/mol. The van der Waals surface area contributed by atoms with Crippen molar-refractivity contribution in [2.45, 2.75) is 44.6 Å². The molecular weight excluding hydrogens is 569 g/mol. The van der Waals surface area contributed by atoms with Gasteiger partial charge in [-0.05, 0) is 54.7 Å². The van der Waals surface area contributed by atoms with Crippen molar-refractivity contribution in [1.82, 2.24) is 10.2 Å². The van der Waals surface area contributed by atoms with E-state index in [0.717, 1.165) is 9.87 Å². The first-order valence-electron chi connectivity index (χ1n) is 13.2. The van der Waals surface area contributed by atoms with Crippen molar-refractivity contribution in [3.8, 4) is 0 Å². The van der Waals surface area contributed by atoms with Gasteiger partial charge in [-0.3, -0.25) is 13.9 Å². The fourth-order valence-electron chi connectivity index (χ4n) is 4.21. The van der Waals surface area contributed by atoms with Crippen LogP contribution in [0.4, 0.5) is 5.69 Å². The molecule has 0 unspecified atom stereocenters. The molecule has 1 N–H and O–H groups in total. The van der Waals surface area contributed by atoms with E-state index in [4.69, 9.17) is 23.2 Å². The Balaban J connectivity index is 2.00. The Labute approximate surface area is 247 Å². The summed E-state index contributed by atoms with van der Waals surface area (Å²) in [5.74, 6) is -0.547. The molecule has 0 aliphatic rings. The van der Waals surface area contributed by atoms with Crippen LogP contribution in [0.1, 0.15) is 32.8 Å². The fraction of sp³-hybridized carbons (Fsp3) is 0.333. The number of amides is 2. The zero-order valence-electron chi connectivity index (χ0n) is 22.9. The average molecular weight is 605 g/mol. The predicted octanol–water partition coefficient (Wildman–Crippen LogP) is 5.81. The second-order valence-electron chi connectivity index (χ2n) is 9.81. The van der Waals surface area contributed by atoms with Crippen LogP contribution in [0.25, 0.3) is 0 Å². The summed E-state index contributed by atoms with van der Waals surface area (Å²) < 4.78 is 28.6. The summed E-state index contributed by atoms with van der Waals surface area (Å²) in [5.41, 5.74) is 1.18. The molecule has 0 saturated heterocycles. The zero-order valence-corrected chi connectivity index (χ0v) is 25.2. The van der Waals surface area contributed by atoms with E-state index >= 15 is 0 Å². The van der Waals surface area contributed by atoms with Crippen molar-refractivity contribution in [2.24, 2.45) is 5.92 Å². The number of halogens is 2. The Kier molecular flexibility index (Phi) is 11.4. The van der Waals surface area contributed by atoms with Gasteiger partial charge >= 0.3 is 0 Å². The molecule has 0 spiro atoms. The maximum absolute atomic E-state index is 14.0. The van der Waals surface area contributed by atoms with Gasteiger partial charge in [0, 0.05) is 13.1 Å². The highest BCUT2D eigenvalue weighted by Gasteiger charge is 2.33. The third-order valence-electron chi connectivity index (χ3n) is 6.36. The molecule has 2 amide bonds. The smallest absolute Gasteiger partial charge is 0.264 e. The lowest BCUT2D eigenvalue weighted by Gasteiger charge is -2.33. The minimum absolute atomic E-state index is 0.0198. The van der Waals surface area contributed by atoms with Crippen molar-refractivity contribution in [2.75, 3.05) is 23.9 Å². The van der Waals surface area contributed by atoms with E-state index in [-0.39, 0.29) is 39.0 Å². The molecule has 214 valence electrons. The van der Waals surface area contributed by atoms with E-state index in [1.807, 2.05) is 51.1 Å². The summed E-state index contributed by atoms with van der Waals surface area (Å²) in [5, 5.41) is 3.33. The molecule has 0 heterocycles. The Morgan fingerprint density at radius 3 is 2.10 bits per heavy atom. The quantitative estimate of drug-likeness (QED) is 0.267. The zero-order chi connectivity index (χ0) is 29.3. The Morgan fingerprint density at radius 1 is 0.900 bits per heavy atom. The van der Waals surface area contributed by atoms with Gasteiger partial charge in [0.25, 0.3) is 10.0 Å². The van der Waals surface area contributed by atoms with E-state index < -0.39 is 28.5 Å². The molecule has 3 rings (SSSR count). The van der Waals surface area contributed by atoms with E-state index in [0.29, 0.717) is 19.4 Å². The second kappa shape index (κ2) is 14.5. The molecular formula is C30H35Cl2N3O4S. The van der Waals surface area contributed by atoms with Crippen molar-refractivity contribution in [1.29, 1.82) is 0 Å². The number of nitrogens with one attached hydrogen (secondary N) is 1. The van der Waals surface area contributed by atoms with Crippen LogP contribution in [0.2, 0.25) is 10.0 Å². The molecule has 3 aromatic rings. The van der Waals surface area contributed by atoms with E-state index in [2.05, 4.69) is 5.32 Å². The Bertz CT molecular complexity index is 1390. The number of carbonyl (C=O) groups excluding carboxylic acids is 2. The molecule has 0 aliphatic carbocycles. The number of nitrogens with zero attached hydrogens (tertiary/aromatic N) is 2. The van der Waals surface area contributed by atoms with Gasteiger partial charge in [-0.25, -0.2) is 8.42 Å². The van der Waals surface area contributed by atoms with Gasteiger partial charge in [0.1, 0.15) is 12.6 Å². The third kappa shape index (κ3) is 8.22. The molecule has 0 radical (unpaired) electrons. The minimum atomic E-state index is -4.17. The lowest BCUT2D eigenvalue weighted by molar-refractivity contribution is -0.139. The van der Waals surface area contributed by atoms with Crippen LogP contribution in [0.3, 0.4) is 0 Å². The third-order valence-corrected chi connectivity index (χ3v) is 8.88. The lowest BCUT2D eigenvalue weighted by Crippen LogP contribution is -2.53. The lowest BCUT2D eigenvalue weighted by atomic mass is 10.1. The van der Waals surface area contributed by atoms with E-state index in [1.165, 1.54) is 35.2 Å². The van der Waals surface area contributed by atoms with Gasteiger partial charge in [0.05, 0.1) is 20.6 Å². The van der Waals surface area contributed by atoms with Gasteiger partial charge in [-0.2, -0.15) is 0 Å². The predicted molar refractivity (Wildman–Crippen MR) is 161 cm³/mol. The standard InChI is InChI=1S/C30H35Cl2N3O4S/c1-4-28(30(37)33-20-22(2)3)34(18-17-23-11-7-5-8-12-23)29(36)21-35(24-15-16-26(31)27(32)19-24)40(38,39)25-13-9-6-10-14-25/h5-16,19,22,28H,4,17-18,20-21H2,1-3H3,(H,33,37)/t28-/m0/s1. The highest BCUT2D eigenvalue weighted by atomic mass is 35.5. The largest absolute Gasteiger partial charge is 0.354 e. The van der Waals surface area contributed by atoms with Crippen molar-refractivity contribution >= 4 is 50.7 Å². The second-order valence-corrected chi connectivity index (χ2v) is 12.5. The van der Waals surface area contributed by atoms with Gasteiger partial charge in [-0.15, -0.1) is 0 Å². The normalized spacial score (nSPS) is 12.2. The molecule has 0 aromatic heterocycles. The molecule has 40 heavy (non-hydrogen) atoms. The summed E-state index contributed by atoms with van der Waals surface area (Å²) in [4.78, 5) is 28.7. The highest BCUT2D eigenvalue weighted by molar-refractivity contribution is 7.92. The average Bonchev–Trinajstić information content (AvgIpc) is 2.95. The minimum Gasteiger partial charge on any atom is -0.354 e. The van der Waals surface area contributed by atoms with Crippen molar-refractivity contribution < 1.29 is 18.0 Å². The molecule has 0 saturated carbocycles. The molecule has 3 aromatic carbocycles. The van der Waals surface area contributed by atoms with Crippen molar-refractivity contribution in [3.05, 3.63) is 94.5 Å². The van der Waals surface area contributed by atoms with E-state index in [9.17, 15) is 18.0 Å². The summed E-state index contributed by atoms with van der Waals surface area (Å²) in [7, 11) is -4.17. The first-order valence-corrected chi connectivity index (χ1v) is 15.4. The molecule has 7 nitrogen and oxygen atoms in total. The number of anilines is 1. The van der Waals surface area contributed by atoms with Crippen LogP contribution >= 0.6 is 23.2 Å². The number of benzene rings is 3. The maximum Gasteiger partial charge on any atom is 0.264 e. The summed E-state index contributed by atoms with van der Waals surface area (Å²) in [6.45, 7) is 5.98. The van der Waals surface area contributed by atoms with Crippen LogP contribution in [0.15, 0.2) is 83.8 Å². The number of carbonyl (C=O) groups is 2. The molecule has 1 atom stereocenters. The number of sulfonamides is 1. The van der Waals surface area contributed by atoms with Crippen LogP contribution < -0.4 is 9.62 Å². The summed E-state index contributed by atoms with van der Waals surface area (Å²) in [6.07, 6.45) is 0.863. The molecule has 0 fully saturated rings. The summed E-state index contributed by atoms with van der Waals surface area (Å²) in [6, 6.07) is 21.1.